The molecule has 10 N–H and O–H groups in total. The first-order valence-electron chi connectivity index (χ1n) is 28.6. The lowest BCUT2D eigenvalue weighted by Crippen LogP contribution is -2.65. The average Bonchev–Trinajstić information content (AvgIpc) is 1.16. The Hall–Kier alpha value is -3.33. The molecule has 1 amide bonds. The summed E-state index contributed by atoms with van der Waals surface area (Å²) in [5, 5.41) is 62.7. The van der Waals surface area contributed by atoms with E-state index in [0.29, 0.717) is 28.0 Å². The molecule has 1 aliphatic carbocycles. The lowest BCUT2D eigenvalue weighted by atomic mass is 9.76. The van der Waals surface area contributed by atoms with Gasteiger partial charge in [0.15, 0.2) is 36.2 Å². The zero-order valence-electron chi connectivity index (χ0n) is 51.6. The zero-order chi connectivity index (χ0) is 64.9. The molecule has 4 saturated heterocycles. The fourth-order valence-electron chi connectivity index (χ4n) is 10.6. The molecule has 0 spiro atoms. The second kappa shape index (κ2) is 33.5. The number of hydroxylamine groups is 1. The van der Waals surface area contributed by atoms with E-state index >= 15 is 0 Å². The van der Waals surface area contributed by atoms with Crippen molar-refractivity contribution in [2.24, 2.45) is 5.73 Å². The molecule has 25 nitrogen and oxygen atoms in total. The van der Waals surface area contributed by atoms with E-state index in [4.69, 9.17) is 73.8 Å². The molecule has 0 aromatic heterocycles. The summed E-state index contributed by atoms with van der Waals surface area (Å²) < 4.78 is 72.4. The number of Topliss-reactive ketones (excluding diaryl/α,β-unsaturated/α-hetero) is 1. The van der Waals surface area contributed by atoms with Crippen molar-refractivity contribution < 1.29 is 102 Å². The van der Waals surface area contributed by atoms with Gasteiger partial charge in [0.25, 0.3) is 0 Å². The summed E-state index contributed by atoms with van der Waals surface area (Å²) in [6, 6.07) is -1.31. The fourth-order valence-corrected chi connectivity index (χ4v) is 14.6. The number of likely N-dealkylation sites (N-methyl/N-ethyl adjacent to an activating group) is 1. The van der Waals surface area contributed by atoms with E-state index < -0.39 is 127 Å². The summed E-state index contributed by atoms with van der Waals surface area (Å²) in [5.41, 5.74) is 7.55. The summed E-state index contributed by atoms with van der Waals surface area (Å²) in [7, 11) is 9.75. The van der Waals surface area contributed by atoms with E-state index in [-0.39, 0.29) is 76.0 Å². The number of aliphatic hydroxyl groups is 5. The number of thioether (sulfide) groups is 1. The van der Waals surface area contributed by atoms with Gasteiger partial charge in [0, 0.05) is 56.1 Å². The summed E-state index contributed by atoms with van der Waals surface area (Å²) in [5.74, 6) is 8.00. The number of nitrogens with two attached hydrogens (primary N) is 1. The van der Waals surface area contributed by atoms with Crippen LogP contribution in [0.2, 0.25) is 0 Å². The van der Waals surface area contributed by atoms with Gasteiger partial charge in [-0.2, -0.15) is 5.48 Å². The smallest absolute Gasteiger partial charge is 0.411 e. The molecule has 88 heavy (non-hydrogen) atoms. The van der Waals surface area contributed by atoms with Crippen LogP contribution in [-0.4, -0.2) is 224 Å². The van der Waals surface area contributed by atoms with Crippen molar-refractivity contribution in [1.82, 2.24) is 16.1 Å². The SMILES string of the molecule is C#C/C=C\C#C[C@H](O[C@@H]1O[C@H](C)[C@@H](NO[C@H]2C[C@H](O)[C@H](SC(=O)c3c(C)c(I)c(O[C@@H]4O[C@@H](C)[C@H](O)[C@@H](OC)[C@H]4O)c(OC)c3OC)[C@@H](C)O2)[C@H](O)[C@H]1O[C@H]1C[C@H](OC)[C@@H](NCC)CO1)C1=C(NC(=O)OC)C(=O)C[C@](C)(O)/C1=C/CSSC(C)(C)CN. The van der Waals surface area contributed by atoms with Gasteiger partial charge in [-0.05, 0) is 101 Å². The standard InChI is InChI=1S/C59H85IN4O21S3/c1-15-17-18-19-20-36(41-32(21-22-86-88-58(7,8)27-61)59(9,72)25-35(66)44(41)63-57(71)77-14)82-56-51(83-38-24-37(73-10)33(26-78-38)62-16-2)46(68)43(29(4)80-56)64-85-39-23-34(65)53(31(6)79-39)87-54(70)40-28(3)42(60)49(52(76-13)48(40)74-11)84-55-47(69)50(75-12)45(67)30(5)81-55/h1,17-18,21,29-31,33-34,36-39,43,45-47,50-51,53,55-56,62,64-65,67-69,72H,16,22-27,61H2,2-14H3,(H,63,71)/b18-17-,32-21+/t29-,30+,31-,33+,34+,36+,37+,38+,39+,43-,45+,46+,47-,50-,51-,53-,55+,56+,59+/m1/s1. The first-order chi connectivity index (χ1) is 41.7. The number of aliphatic hydroxyl groups excluding tert-OH is 4. The molecule has 1 aromatic carbocycles. The predicted molar refractivity (Wildman–Crippen MR) is 336 cm³/mol. The molecule has 4 heterocycles. The Balaban J connectivity index is 1.27. The largest absolute Gasteiger partial charge is 0.492 e. The van der Waals surface area contributed by atoms with Crippen molar-refractivity contribution >= 4 is 72.9 Å². The molecule has 492 valence electrons. The number of hydrogen-bond donors (Lipinski definition) is 9. The van der Waals surface area contributed by atoms with Crippen molar-refractivity contribution in [3.05, 3.63) is 49.8 Å². The highest BCUT2D eigenvalue weighted by molar-refractivity contribution is 14.1. The normalized spacial score (nSPS) is 33.7. The molecule has 0 radical (unpaired) electrons. The minimum atomic E-state index is -1.82. The lowest BCUT2D eigenvalue weighted by Gasteiger charge is -2.46. The monoisotopic (exact) mass is 1410 g/mol. The molecule has 29 heteroatoms. The van der Waals surface area contributed by atoms with Crippen LogP contribution < -0.4 is 36.1 Å². The molecule has 4 fully saturated rings. The van der Waals surface area contributed by atoms with Crippen molar-refractivity contribution in [1.29, 1.82) is 0 Å². The van der Waals surface area contributed by atoms with Gasteiger partial charge in [0.2, 0.25) is 17.2 Å². The van der Waals surface area contributed by atoms with Gasteiger partial charge in [0.05, 0.1) is 96.2 Å². The van der Waals surface area contributed by atoms with Crippen LogP contribution in [-0.2, 0) is 52.3 Å². The van der Waals surface area contributed by atoms with Gasteiger partial charge in [-0.1, -0.05) is 64.1 Å². The van der Waals surface area contributed by atoms with Crippen LogP contribution in [0.15, 0.2) is 35.1 Å². The second-order valence-corrected chi connectivity index (χ2v) is 27.5. The van der Waals surface area contributed by atoms with Crippen molar-refractivity contribution in [2.75, 3.05) is 61.0 Å². The second-order valence-electron chi connectivity index (χ2n) is 22.2. The fraction of sp³-hybridized carbons (Fsp3) is 0.678. The molecule has 0 saturated carbocycles. The number of carbonyl (C=O) groups is 3. The molecule has 0 unspecified atom stereocenters. The number of ether oxygens (including phenoxy) is 12. The van der Waals surface area contributed by atoms with Crippen LogP contribution in [0, 0.1) is 34.7 Å². The third-order valence-corrected chi connectivity index (χ3v) is 21.2. The Bertz CT molecular complexity index is 2770. The Morgan fingerprint density at radius 2 is 1.64 bits per heavy atom. The predicted octanol–water partition coefficient (Wildman–Crippen LogP) is 3.29. The van der Waals surface area contributed by atoms with Crippen LogP contribution in [0.25, 0.3) is 0 Å². The van der Waals surface area contributed by atoms with Gasteiger partial charge in [-0.15, -0.1) is 6.42 Å². The highest BCUT2D eigenvalue weighted by Crippen LogP contribution is 2.49. The van der Waals surface area contributed by atoms with Gasteiger partial charge in [-0.25, -0.2) is 4.79 Å². The van der Waals surface area contributed by atoms with Gasteiger partial charge in [0.1, 0.15) is 36.6 Å². The van der Waals surface area contributed by atoms with E-state index in [1.165, 1.54) is 62.0 Å². The van der Waals surface area contributed by atoms with E-state index in [1.807, 2.05) is 43.4 Å². The summed E-state index contributed by atoms with van der Waals surface area (Å²) in [4.78, 5) is 47.7. The Morgan fingerprint density at radius 1 is 0.932 bits per heavy atom. The number of nitrogens with one attached hydrogen (secondary N) is 3. The Labute approximate surface area is 540 Å². The maximum absolute atomic E-state index is 14.5. The number of methoxy groups -OCH3 is 5. The average molecular weight is 1410 g/mol. The number of allylic oxidation sites excluding steroid dienone is 3. The first kappa shape index (κ1) is 73.7. The number of amides is 1. The molecule has 4 aliphatic heterocycles. The number of carbonyl (C=O) groups excluding carboxylic acids is 3. The minimum Gasteiger partial charge on any atom is -0.492 e. The number of alkyl carbamates (subject to hydrolysis) is 1. The van der Waals surface area contributed by atoms with Gasteiger partial charge < -0.3 is 93.4 Å². The molecular formula is C59H85IN4O21S3. The highest BCUT2D eigenvalue weighted by Gasteiger charge is 2.52. The van der Waals surface area contributed by atoms with Crippen molar-refractivity contribution in [3.63, 3.8) is 0 Å². The Morgan fingerprint density at radius 3 is 2.26 bits per heavy atom. The number of hydrogen-bond acceptors (Lipinski definition) is 27. The minimum absolute atomic E-state index is 0.0201. The number of benzene rings is 1. The summed E-state index contributed by atoms with van der Waals surface area (Å²) >= 11 is 2.82. The maximum Gasteiger partial charge on any atom is 0.411 e. The molecular weight excluding hydrogens is 1320 g/mol. The highest BCUT2D eigenvalue weighted by atomic mass is 127. The zero-order valence-corrected chi connectivity index (χ0v) is 56.2. The molecule has 6 rings (SSSR count). The maximum atomic E-state index is 14.5. The van der Waals surface area contributed by atoms with Crippen molar-refractivity contribution in [2.45, 2.75) is 195 Å². The van der Waals surface area contributed by atoms with E-state index in [0.717, 1.165) is 18.9 Å². The lowest BCUT2D eigenvalue weighted by molar-refractivity contribution is -0.336. The van der Waals surface area contributed by atoms with Crippen LogP contribution >= 0.6 is 55.9 Å². The van der Waals surface area contributed by atoms with Crippen LogP contribution in [0.5, 0.6) is 17.2 Å². The van der Waals surface area contributed by atoms with Crippen LogP contribution in [0.4, 0.5) is 4.79 Å². The summed E-state index contributed by atoms with van der Waals surface area (Å²) in [6.45, 7) is 15.2. The number of halogens is 1. The van der Waals surface area contributed by atoms with Crippen molar-refractivity contribution in [3.8, 4) is 41.4 Å². The molecule has 5 aliphatic rings. The van der Waals surface area contributed by atoms with E-state index in [1.54, 1.807) is 40.9 Å². The Kier molecular flexibility index (Phi) is 28.1. The molecule has 1 aromatic rings. The topological polar surface area (TPSA) is 334 Å². The van der Waals surface area contributed by atoms with E-state index in [2.05, 4.69) is 33.9 Å². The van der Waals surface area contributed by atoms with Gasteiger partial charge in [-0.3, -0.25) is 19.7 Å². The molecule has 0 bridgehead atoms. The summed E-state index contributed by atoms with van der Waals surface area (Å²) in [6.07, 6.45) is -8.67. The third-order valence-electron chi connectivity index (χ3n) is 15.4. The quantitative estimate of drug-likeness (QED) is 0.0236. The molecule has 19 atom stereocenters. The van der Waals surface area contributed by atoms with Crippen LogP contribution in [0.1, 0.15) is 83.7 Å². The van der Waals surface area contributed by atoms with E-state index in [9.17, 15) is 39.9 Å². The van der Waals surface area contributed by atoms with Crippen LogP contribution in [0.3, 0.4) is 0 Å². The first-order valence-corrected chi connectivity index (χ1v) is 32.8. The number of rotatable bonds is 24. The number of ketones is 1. The third kappa shape index (κ3) is 17.9. The van der Waals surface area contributed by atoms with Gasteiger partial charge >= 0.3 is 6.09 Å². The number of terminal acetylenes is 1.